The lowest BCUT2D eigenvalue weighted by Gasteiger charge is -2.22. The van der Waals surface area contributed by atoms with Crippen LogP contribution in [0.5, 0.6) is 5.75 Å². The van der Waals surface area contributed by atoms with Gasteiger partial charge in [-0.1, -0.05) is 6.92 Å². The lowest BCUT2D eigenvalue weighted by molar-refractivity contribution is 0.0994. The summed E-state index contributed by atoms with van der Waals surface area (Å²) < 4.78 is 17.7. The van der Waals surface area contributed by atoms with E-state index in [0.29, 0.717) is 67.5 Å². The minimum Gasteiger partial charge on any atom is -0.496 e. The summed E-state index contributed by atoms with van der Waals surface area (Å²) in [6.45, 7) is 5.12. The van der Waals surface area contributed by atoms with E-state index in [2.05, 4.69) is 5.32 Å². The molecule has 1 aromatic carbocycles. The zero-order valence-electron chi connectivity index (χ0n) is 18.9. The van der Waals surface area contributed by atoms with E-state index in [1.54, 1.807) is 32.0 Å². The van der Waals surface area contributed by atoms with Crippen LogP contribution < -0.4 is 15.6 Å². The fourth-order valence-electron chi connectivity index (χ4n) is 4.05. The maximum Gasteiger partial charge on any atom is 0.277 e. The van der Waals surface area contributed by atoms with Gasteiger partial charge in [-0.05, 0) is 37.5 Å². The molecule has 1 heterocycles. The molecule has 31 heavy (non-hydrogen) atoms. The number of hydrogen-bond donors (Lipinski definition) is 1. The first kappa shape index (κ1) is 23.0. The second kappa shape index (κ2) is 10.1. The Labute approximate surface area is 182 Å². The van der Waals surface area contributed by atoms with E-state index in [1.165, 1.54) is 0 Å². The largest absolute Gasteiger partial charge is 0.496 e. The first-order valence-corrected chi connectivity index (χ1v) is 10.6. The summed E-state index contributed by atoms with van der Waals surface area (Å²) in [6.07, 6.45) is 1.77. The number of nitrogens with zero attached hydrogens (tertiary/aromatic N) is 2. The Kier molecular flexibility index (Phi) is 7.46. The second-order valence-corrected chi connectivity index (χ2v) is 7.54. The Balaban J connectivity index is 2.16. The molecule has 0 saturated carbocycles. The lowest BCUT2D eigenvalue weighted by Crippen LogP contribution is -2.35. The Bertz CT molecular complexity index is 1010. The highest BCUT2D eigenvalue weighted by atomic mass is 16.5. The van der Waals surface area contributed by atoms with Crippen molar-refractivity contribution in [1.82, 2.24) is 9.55 Å². The van der Waals surface area contributed by atoms with Crippen molar-refractivity contribution in [3.8, 4) is 17.1 Å². The van der Waals surface area contributed by atoms with Gasteiger partial charge in [-0.3, -0.25) is 14.2 Å². The van der Waals surface area contributed by atoms with Crippen LogP contribution in [0.1, 0.15) is 41.9 Å². The highest BCUT2D eigenvalue weighted by Gasteiger charge is 2.26. The van der Waals surface area contributed by atoms with Crippen LogP contribution in [0, 0.1) is 0 Å². The molecule has 0 saturated heterocycles. The van der Waals surface area contributed by atoms with Crippen LogP contribution in [-0.4, -0.2) is 55.9 Å². The van der Waals surface area contributed by atoms with Crippen LogP contribution in [0.2, 0.25) is 0 Å². The van der Waals surface area contributed by atoms with Gasteiger partial charge in [0.25, 0.3) is 5.56 Å². The van der Waals surface area contributed by atoms with Crippen LogP contribution in [0.25, 0.3) is 11.4 Å². The van der Waals surface area contributed by atoms with Crippen molar-refractivity contribution in [2.45, 2.75) is 45.7 Å². The SMILES string of the molecule is CCc1nc(-c2cc3c(cc2OC)C(=O)CC3)n(CC)c(=O)c1NC(COC)COC. The molecule has 0 radical (unpaired) electrons. The average molecular weight is 430 g/mol. The molecule has 3 rings (SSSR count). The van der Waals surface area contributed by atoms with Gasteiger partial charge >= 0.3 is 0 Å². The Morgan fingerprint density at radius 3 is 2.35 bits per heavy atom. The molecular formula is C23H31N3O5. The molecule has 1 aromatic heterocycles. The highest BCUT2D eigenvalue weighted by Crippen LogP contribution is 2.35. The number of methoxy groups -OCH3 is 3. The predicted molar refractivity (Wildman–Crippen MR) is 119 cm³/mol. The van der Waals surface area contributed by atoms with Crippen molar-refractivity contribution in [2.24, 2.45) is 0 Å². The van der Waals surface area contributed by atoms with Crippen LogP contribution in [0.15, 0.2) is 16.9 Å². The first-order valence-electron chi connectivity index (χ1n) is 10.6. The van der Waals surface area contributed by atoms with E-state index in [0.717, 1.165) is 11.1 Å². The summed E-state index contributed by atoms with van der Waals surface area (Å²) in [5.74, 6) is 1.21. The number of fused-ring (bicyclic) bond motifs is 1. The zero-order valence-corrected chi connectivity index (χ0v) is 18.9. The van der Waals surface area contributed by atoms with Gasteiger partial charge in [-0.15, -0.1) is 0 Å². The second-order valence-electron chi connectivity index (χ2n) is 7.54. The number of nitrogens with one attached hydrogen (secondary N) is 1. The Morgan fingerprint density at radius 1 is 1.06 bits per heavy atom. The Morgan fingerprint density at radius 2 is 1.77 bits per heavy atom. The molecule has 2 aromatic rings. The van der Waals surface area contributed by atoms with Gasteiger partial charge in [0.2, 0.25) is 0 Å². The third-order valence-electron chi connectivity index (χ3n) is 5.57. The third kappa shape index (κ3) is 4.50. The van der Waals surface area contributed by atoms with Crippen molar-refractivity contribution in [3.05, 3.63) is 39.3 Å². The molecule has 0 spiro atoms. The highest BCUT2D eigenvalue weighted by molar-refractivity contribution is 6.01. The average Bonchev–Trinajstić information content (AvgIpc) is 3.13. The quantitative estimate of drug-likeness (QED) is 0.621. The molecule has 1 N–H and O–H groups in total. The van der Waals surface area contributed by atoms with Crippen molar-refractivity contribution in [3.63, 3.8) is 0 Å². The topological polar surface area (TPSA) is 91.7 Å². The summed E-state index contributed by atoms with van der Waals surface area (Å²) >= 11 is 0. The number of rotatable bonds is 10. The molecule has 168 valence electrons. The molecule has 8 heteroatoms. The number of carbonyl (C=O) groups excluding carboxylic acids is 1. The summed E-state index contributed by atoms with van der Waals surface area (Å²) in [6, 6.07) is 3.54. The summed E-state index contributed by atoms with van der Waals surface area (Å²) in [4.78, 5) is 30.5. The van der Waals surface area contributed by atoms with Gasteiger partial charge in [0.05, 0.1) is 37.6 Å². The molecule has 1 aliphatic carbocycles. The third-order valence-corrected chi connectivity index (χ3v) is 5.57. The fraction of sp³-hybridized carbons (Fsp3) is 0.522. The van der Waals surface area contributed by atoms with Gasteiger partial charge < -0.3 is 19.5 Å². The minimum atomic E-state index is -0.175. The van der Waals surface area contributed by atoms with Crippen molar-refractivity contribution in [1.29, 1.82) is 0 Å². The van der Waals surface area contributed by atoms with Crippen LogP contribution in [0.3, 0.4) is 0 Å². The van der Waals surface area contributed by atoms with Gasteiger partial charge in [0.15, 0.2) is 5.78 Å². The van der Waals surface area contributed by atoms with E-state index in [1.807, 2.05) is 19.9 Å². The first-order chi connectivity index (χ1) is 15.0. The van der Waals surface area contributed by atoms with E-state index in [4.69, 9.17) is 19.2 Å². The maximum absolute atomic E-state index is 13.5. The predicted octanol–water partition coefficient (Wildman–Crippen LogP) is 2.70. The number of ether oxygens (including phenoxy) is 3. The van der Waals surface area contributed by atoms with E-state index in [-0.39, 0.29) is 17.4 Å². The molecule has 1 aliphatic rings. The molecule has 8 nitrogen and oxygen atoms in total. The number of Topliss-reactive ketones (excluding diaryl/α,β-unsaturated/α-hetero) is 1. The monoisotopic (exact) mass is 429 g/mol. The minimum absolute atomic E-state index is 0.122. The standard InChI is InChI=1S/C23H31N3O5/c1-6-18-21(24-15(12-29-3)13-30-4)23(28)26(7-2)22(25-18)17-10-14-8-9-19(27)16(14)11-20(17)31-5/h10-11,15,24H,6-9,12-13H2,1-5H3. The van der Waals surface area contributed by atoms with Crippen molar-refractivity contribution < 1.29 is 19.0 Å². The zero-order chi connectivity index (χ0) is 22.5. The fourth-order valence-corrected chi connectivity index (χ4v) is 4.05. The summed E-state index contributed by atoms with van der Waals surface area (Å²) in [5.41, 5.74) is 3.37. The van der Waals surface area contributed by atoms with E-state index < -0.39 is 0 Å². The van der Waals surface area contributed by atoms with E-state index in [9.17, 15) is 9.59 Å². The molecule has 0 amide bonds. The number of anilines is 1. The lowest BCUT2D eigenvalue weighted by atomic mass is 10.0. The van der Waals surface area contributed by atoms with Gasteiger partial charge in [-0.25, -0.2) is 4.98 Å². The number of ketones is 1. The van der Waals surface area contributed by atoms with Gasteiger partial charge in [0.1, 0.15) is 17.3 Å². The molecule has 0 unspecified atom stereocenters. The smallest absolute Gasteiger partial charge is 0.277 e. The number of aryl methyl sites for hydroxylation is 2. The molecule has 0 fully saturated rings. The Hall–Kier alpha value is -2.71. The van der Waals surface area contributed by atoms with Crippen LogP contribution in [-0.2, 0) is 28.9 Å². The maximum atomic E-state index is 13.5. The summed E-state index contributed by atoms with van der Waals surface area (Å²) in [7, 11) is 4.79. The number of aromatic nitrogens is 2. The molecular weight excluding hydrogens is 398 g/mol. The number of hydrogen-bond acceptors (Lipinski definition) is 7. The van der Waals surface area contributed by atoms with Gasteiger partial charge in [0, 0.05) is 32.7 Å². The molecule has 0 bridgehead atoms. The van der Waals surface area contributed by atoms with Gasteiger partial charge in [-0.2, -0.15) is 0 Å². The normalized spacial score (nSPS) is 13.0. The number of benzene rings is 1. The molecule has 0 aliphatic heterocycles. The van der Waals surface area contributed by atoms with E-state index >= 15 is 0 Å². The van der Waals surface area contributed by atoms with Crippen molar-refractivity contribution >= 4 is 11.5 Å². The van der Waals surface area contributed by atoms with Crippen molar-refractivity contribution in [2.75, 3.05) is 39.9 Å². The summed E-state index contributed by atoms with van der Waals surface area (Å²) in [5, 5.41) is 3.28. The molecule has 0 atom stereocenters. The number of carbonyl (C=O) groups is 1. The van der Waals surface area contributed by atoms with Crippen LogP contribution in [0.4, 0.5) is 5.69 Å². The van der Waals surface area contributed by atoms with Crippen LogP contribution >= 0.6 is 0 Å².